The first-order valence-electron chi connectivity index (χ1n) is 8.63. The van der Waals surface area contributed by atoms with E-state index in [0.29, 0.717) is 17.0 Å². The minimum Gasteiger partial charge on any atom is -0.477 e. The first-order valence-corrected chi connectivity index (χ1v) is 9.00. The van der Waals surface area contributed by atoms with Gasteiger partial charge in [-0.2, -0.15) is 0 Å². The van der Waals surface area contributed by atoms with Crippen molar-refractivity contribution >= 4 is 17.5 Å². The zero-order valence-electron chi connectivity index (χ0n) is 13.3. The minimum absolute atomic E-state index is 0.196. The number of rotatable bonds is 3. The van der Waals surface area contributed by atoms with Crippen LogP contribution in [0.25, 0.3) is 0 Å². The number of benzene rings is 1. The van der Waals surface area contributed by atoms with Crippen molar-refractivity contribution in [1.82, 2.24) is 10.2 Å². The summed E-state index contributed by atoms with van der Waals surface area (Å²) in [6.07, 6.45) is 5.07. The third-order valence-corrected chi connectivity index (χ3v) is 5.85. The summed E-state index contributed by atoms with van der Waals surface area (Å²) < 4.78 is 6.29. The maximum Gasteiger partial charge on any atom is 0.267 e. The van der Waals surface area contributed by atoms with E-state index >= 15 is 0 Å². The number of amides is 1. The molecule has 1 aromatic rings. The Kier molecular flexibility index (Phi) is 3.98. The highest BCUT2D eigenvalue weighted by molar-refractivity contribution is 6.30. The molecule has 1 saturated carbocycles. The number of hydrogen-bond acceptors (Lipinski definition) is 3. The van der Waals surface area contributed by atoms with Crippen LogP contribution in [-0.4, -0.2) is 42.1 Å². The quantitative estimate of drug-likeness (QED) is 0.924. The normalized spacial score (nSPS) is 28.8. The molecule has 0 spiro atoms. The second kappa shape index (κ2) is 5.99. The molecule has 4 nitrogen and oxygen atoms in total. The molecule has 0 aromatic heterocycles. The van der Waals surface area contributed by atoms with Crippen LogP contribution < -0.4 is 10.1 Å². The van der Waals surface area contributed by atoms with Gasteiger partial charge in [0.2, 0.25) is 0 Å². The van der Waals surface area contributed by atoms with Gasteiger partial charge in [0.15, 0.2) is 5.60 Å². The Morgan fingerprint density at radius 1 is 1.22 bits per heavy atom. The molecule has 3 aliphatic rings. The van der Waals surface area contributed by atoms with E-state index in [1.165, 1.54) is 12.8 Å². The van der Waals surface area contributed by atoms with Crippen molar-refractivity contribution in [1.29, 1.82) is 0 Å². The molecule has 0 radical (unpaired) electrons. The van der Waals surface area contributed by atoms with E-state index in [9.17, 15) is 4.79 Å². The molecule has 1 amide bonds. The summed E-state index contributed by atoms with van der Waals surface area (Å²) >= 11 is 5.96. The predicted octanol–water partition coefficient (Wildman–Crippen LogP) is 2.85. The molecule has 23 heavy (non-hydrogen) atoms. The van der Waals surface area contributed by atoms with Crippen LogP contribution in [0.1, 0.15) is 32.1 Å². The van der Waals surface area contributed by atoms with Crippen LogP contribution in [0.2, 0.25) is 5.02 Å². The molecule has 2 aliphatic heterocycles. The van der Waals surface area contributed by atoms with Gasteiger partial charge in [-0.05, 0) is 62.5 Å². The average molecular weight is 335 g/mol. The van der Waals surface area contributed by atoms with Crippen molar-refractivity contribution in [2.75, 3.05) is 19.6 Å². The molecule has 2 atom stereocenters. The average Bonchev–Trinajstić information content (AvgIpc) is 3.20. The molecule has 5 heteroatoms. The van der Waals surface area contributed by atoms with Crippen LogP contribution >= 0.6 is 11.6 Å². The monoisotopic (exact) mass is 334 g/mol. The van der Waals surface area contributed by atoms with Gasteiger partial charge in [-0.25, -0.2) is 0 Å². The van der Waals surface area contributed by atoms with E-state index in [1.54, 1.807) is 0 Å². The Hall–Kier alpha value is -1.26. The number of carbonyl (C=O) groups excluding carboxylic acids is 1. The smallest absolute Gasteiger partial charge is 0.267 e. The molecule has 0 unspecified atom stereocenters. The van der Waals surface area contributed by atoms with Crippen LogP contribution in [0, 0.1) is 5.92 Å². The number of hydrogen-bond donors (Lipinski definition) is 1. The zero-order valence-corrected chi connectivity index (χ0v) is 14.0. The maximum atomic E-state index is 13.3. The molecule has 2 saturated heterocycles. The molecule has 2 heterocycles. The number of nitrogens with one attached hydrogen (secondary N) is 1. The Morgan fingerprint density at radius 3 is 2.57 bits per heavy atom. The topological polar surface area (TPSA) is 41.6 Å². The van der Waals surface area contributed by atoms with Gasteiger partial charge >= 0.3 is 0 Å². The van der Waals surface area contributed by atoms with Gasteiger partial charge in [-0.15, -0.1) is 0 Å². The highest BCUT2D eigenvalue weighted by Crippen LogP contribution is 2.40. The van der Waals surface area contributed by atoms with E-state index in [-0.39, 0.29) is 5.91 Å². The van der Waals surface area contributed by atoms with Gasteiger partial charge in [0.1, 0.15) is 5.75 Å². The fraction of sp³-hybridized carbons (Fsp3) is 0.611. The first-order chi connectivity index (χ1) is 11.2. The second-order valence-corrected chi connectivity index (χ2v) is 7.53. The first kappa shape index (κ1) is 15.3. The largest absolute Gasteiger partial charge is 0.477 e. The molecule has 3 fully saturated rings. The van der Waals surface area contributed by atoms with Crippen LogP contribution in [-0.2, 0) is 4.79 Å². The fourth-order valence-electron chi connectivity index (χ4n) is 4.35. The SMILES string of the molecule is O=C(N1C[C@@H]2CC[C@@H]1C2)C1(Oc2ccc(Cl)cc2)CCNCC1. The van der Waals surface area contributed by atoms with Crippen LogP contribution in [0.5, 0.6) is 5.75 Å². The number of fused-ring (bicyclic) bond motifs is 2. The fourth-order valence-corrected chi connectivity index (χ4v) is 4.48. The Morgan fingerprint density at radius 2 is 1.96 bits per heavy atom. The summed E-state index contributed by atoms with van der Waals surface area (Å²) in [6, 6.07) is 7.78. The Balaban J connectivity index is 1.58. The van der Waals surface area contributed by atoms with Gasteiger partial charge in [-0.3, -0.25) is 4.79 Å². The maximum absolute atomic E-state index is 13.3. The van der Waals surface area contributed by atoms with Crippen molar-refractivity contribution in [2.45, 2.75) is 43.7 Å². The lowest BCUT2D eigenvalue weighted by Crippen LogP contribution is -2.59. The van der Waals surface area contributed by atoms with Gasteiger partial charge in [0.25, 0.3) is 5.91 Å². The lowest BCUT2D eigenvalue weighted by molar-refractivity contribution is -0.152. The van der Waals surface area contributed by atoms with E-state index < -0.39 is 5.60 Å². The van der Waals surface area contributed by atoms with Crippen molar-refractivity contribution in [3.63, 3.8) is 0 Å². The van der Waals surface area contributed by atoms with Crippen LogP contribution in [0.3, 0.4) is 0 Å². The molecular weight excluding hydrogens is 312 g/mol. The van der Waals surface area contributed by atoms with Gasteiger partial charge in [0.05, 0.1) is 0 Å². The third-order valence-electron chi connectivity index (χ3n) is 5.60. The number of piperidine rings is 2. The van der Waals surface area contributed by atoms with Crippen LogP contribution in [0.4, 0.5) is 0 Å². The lowest BCUT2D eigenvalue weighted by atomic mass is 9.89. The summed E-state index contributed by atoms with van der Waals surface area (Å²) in [6.45, 7) is 2.56. The standard InChI is InChI=1S/C18H23ClN2O2/c19-14-2-5-16(6-3-14)23-18(7-9-20-10-8-18)17(22)21-12-13-1-4-15(21)11-13/h2-3,5-6,13,15,20H,1,4,7-12H2/t13-,15-/m1/s1. The van der Waals surface area contributed by atoms with E-state index in [4.69, 9.17) is 16.3 Å². The molecule has 1 aromatic carbocycles. The molecule has 1 N–H and O–H groups in total. The van der Waals surface area contributed by atoms with Crippen molar-refractivity contribution in [2.24, 2.45) is 5.92 Å². The van der Waals surface area contributed by atoms with E-state index in [2.05, 4.69) is 10.2 Å². The number of likely N-dealkylation sites (tertiary alicyclic amines) is 1. The number of carbonyl (C=O) groups is 1. The van der Waals surface area contributed by atoms with Gasteiger partial charge in [-0.1, -0.05) is 11.6 Å². The van der Waals surface area contributed by atoms with Crippen LogP contribution in [0.15, 0.2) is 24.3 Å². The summed E-state index contributed by atoms with van der Waals surface area (Å²) in [7, 11) is 0. The second-order valence-electron chi connectivity index (χ2n) is 7.09. The number of ether oxygens (including phenoxy) is 1. The number of nitrogens with zero attached hydrogens (tertiary/aromatic N) is 1. The number of halogens is 1. The summed E-state index contributed by atoms with van der Waals surface area (Å²) in [4.78, 5) is 15.4. The molecule has 4 rings (SSSR count). The third kappa shape index (κ3) is 2.83. The predicted molar refractivity (Wildman–Crippen MR) is 89.8 cm³/mol. The molecule has 1 aliphatic carbocycles. The summed E-state index contributed by atoms with van der Waals surface area (Å²) in [5, 5.41) is 4.02. The van der Waals surface area contributed by atoms with Gasteiger partial charge in [0, 0.05) is 30.5 Å². The Bertz CT molecular complexity index is 583. The van der Waals surface area contributed by atoms with Crippen molar-refractivity contribution in [3.05, 3.63) is 29.3 Å². The van der Waals surface area contributed by atoms with E-state index in [0.717, 1.165) is 44.6 Å². The summed E-state index contributed by atoms with van der Waals surface area (Å²) in [5.41, 5.74) is -0.719. The highest BCUT2D eigenvalue weighted by atomic mass is 35.5. The zero-order chi connectivity index (χ0) is 15.9. The van der Waals surface area contributed by atoms with E-state index in [1.807, 2.05) is 24.3 Å². The molecular formula is C18H23ClN2O2. The molecule has 2 bridgehead atoms. The summed E-state index contributed by atoms with van der Waals surface area (Å²) in [5.74, 6) is 1.63. The van der Waals surface area contributed by atoms with Crippen molar-refractivity contribution < 1.29 is 9.53 Å². The van der Waals surface area contributed by atoms with Crippen molar-refractivity contribution in [3.8, 4) is 5.75 Å². The lowest BCUT2D eigenvalue weighted by Gasteiger charge is -2.41. The minimum atomic E-state index is -0.719. The Labute approximate surface area is 142 Å². The highest BCUT2D eigenvalue weighted by Gasteiger charge is 2.50. The molecule has 124 valence electrons. The van der Waals surface area contributed by atoms with Gasteiger partial charge < -0.3 is 15.0 Å².